The minimum absolute atomic E-state index is 0.0167. The molecule has 0 aliphatic rings. The van der Waals surface area contributed by atoms with E-state index in [2.05, 4.69) is 19.5 Å². The van der Waals surface area contributed by atoms with E-state index < -0.39 is 10.0 Å². The van der Waals surface area contributed by atoms with E-state index in [-0.39, 0.29) is 5.78 Å². The first-order chi connectivity index (χ1) is 23.1. The van der Waals surface area contributed by atoms with E-state index >= 15 is 0 Å². The highest BCUT2D eigenvalue weighted by molar-refractivity contribution is 7.92. The Morgan fingerprint density at radius 3 is 2.19 bits per heavy atom. The average Bonchev–Trinajstić information content (AvgIpc) is 3.08. The molecule has 244 valence electrons. The average molecular weight is 661 g/mol. The molecule has 0 bridgehead atoms. The minimum Gasteiger partial charge on any atom is -0.489 e. The van der Waals surface area contributed by atoms with Crippen LogP contribution in [0.4, 0.5) is 17.1 Å². The summed E-state index contributed by atoms with van der Waals surface area (Å²) in [5, 5.41) is 0. The maximum absolute atomic E-state index is 12.6. The van der Waals surface area contributed by atoms with Crippen molar-refractivity contribution in [1.82, 2.24) is 4.98 Å². The molecule has 0 amide bonds. The lowest BCUT2D eigenvalue weighted by atomic mass is 10.1. The van der Waals surface area contributed by atoms with E-state index in [1.165, 1.54) is 0 Å². The van der Waals surface area contributed by atoms with Gasteiger partial charge in [0.2, 0.25) is 10.0 Å². The lowest BCUT2D eigenvalue weighted by Gasteiger charge is -2.28. The number of carbonyl (C=O) groups excluding carboxylic acids is 1. The zero-order chi connectivity index (χ0) is 34.1. The summed E-state index contributed by atoms with van der Waals surface area (Å²) in [4.78, 5) is 22.4. The topological polar surface area (TPSA) is 102 Å². The Morgan fingerprint density at radius 1 is 0.875 bits per heavy atom. The van der Waals surface area contributed by atoms with Gasteiger partial charge in [0.1, 0.15) is 23.9 Å². The van der Waals surface area contributed by atoms with Gasteiger partial charge in [-0.1, -0.05) is 55.5 Å². The van der Waals surface area contributed by atoms with Gasteiger partial charge in [0.15, 0.2) is 11.5 Å². The first kappa shape index (κ1) is 33.7. The van der Waals surface area contributed by atoms with Gasteiger partial charge in [-0.2, -0.15) is 0 Å². The van der Waals surface area contributed by atoms with Crippen LogP contribution >= 0.6 is 0 Å². The number of aromatic nitrogens is 1. The van der Waals surface area contributed by atoms with Gasteiger partial charge in [-0.15, -0.1) is 0 Å². The molecule has 5 rings (SSSR count). The van der Waals surface area contributed by atoms with Gasteiger partial charge in [0.25, 0.3) is 0 Å². The number of benzene rings is 4. The smallest absolute Gasteiger partial charge is 0.229 e. The highest BCUT2D eigenvalue weighted by Crippen LogP contribution is 2.32. The molecular weight excluding hydrogens is 625 g/mol. The molecule has 0 saturated heterocycles. The molecule has 4 aromatic carbocycles. The van der Waals surface area contributed by atoms with Crippen molar-refractivity contribution >= 4 is 32.9 Å². The summed E-state index contributed by atoms with van der Waals surface area (Å²) in [6, 6.07) is 29.6. The summed E-state index contributed by atoms with van der Waals surface area (Å²) < 4.78 is 38.9. The molecule has 0 spiro atoms. The number of nitrogens with zero attached hydrogens (tertiary/aromatic N) is 3. The highest BCUT2D eigenvalue weighted by atomic mass is 32.2. The molecule has 1 heterocycles. The predicted octanol–water partition coefficient (Wildman–Crippen LogP) is 8.48. The van der Waals surface area contributed by atoms with Gasteiger partial charge >= 0.3 is 0 Å². The van der Waals surface area contributed by atoms with Gasteiger partial charge in [-0.3, -0.25) is 14.5 Å². The maximum Gasteiger partial charge on any atom is 0.229 e. The largest absolute Gasteiger partial charge is 0.489 e. The summed E-state index contributed by atoms with van der Waals surface area (Å²) in [5.74, 6) is 1.58. The Kier molecular flexibility index (Phi) is 10.7. The van der Waals surface area contributed by atoms with Crippen molar-refractivity contribution < 1.29 is 22.7 Å². The number of sulfonamides is 1. The van der Waals surface area contributed by atoms with Crippen LogP contribution in [0, 0.1) is 13.5 Å². The van der Waals surface area contributed by atoms with E-state index in [0.29, 0.717) is 60.3 Å². The van der Waals surface area contributed by atoms with Crippen LogP contribution in [0.25, 0.3) is 4.85 Å². The number of hydrogen-bond acceptors (Lipinski definition) is 7. The number of ketones is 1. The summed E-state index contributed by atoms with van der Waals surface area (Å²) >= 11 is 0. The van der Waals surface area contributed by atoms with Crippen molar-refractivity contribution in [2.45, 2.75) is 40.0 Å². The first-order valence-corrected chi connectivity index (χ1v) is 17.2. The van der Waals surface area contributed by atoms with Crippen molar-refractivity contribution in [2.24, 2.45) is 0 Å². The van der Waals surface area contributed by atoms with E-state index in [1.54, 1.807) is 48.8 Å². The number of ether oxygens (including phenoxy) is 2. The van der Waals surface area contributed by atoms with Crippen LogP contribution < -0.4 is 19.1 Å². The van der Waals surface area contributed by atoms with Crippen molar-refractivity contribution in [3.8, 4) is 17.2 Å². The molecule has 1 N–H and O–H groups in total. The molecule has 0 saturated carbocycles. The lowest BCUT2D eigenvalue weighted by molar-refractivity contribution is 0.0987. The molecule has 10 heteroatoms. The summed E-state index contributed by atoms with van der Waals surface area (Å²) in [6.07, 6.45) is 4.92. The Morgan fingerprint density at radius 2 is 1.56 bits per heavy atom. The van der Waals surface area contributed by atoms with Crippen LogP contribution in [0.2, 0.25) is 0 Å². The molecule has 0 radical (unpaired) electrons. The van der Waals surface area contributed by atoms with Crippen LogP contribution in [-0.4, -0.2) is 25.4 Å². The molecule has 1 aromatic heterocycles. The fraction of sp³-hybridized carbons (Fsp3) is 0.184. The number of rotatable bonds is 14. The number of hydrogen-bond donors (Lipinski definition) is 1. The SMILES string of the molecule is [C-]#[N+]c1ccc(CN(Cc2ccc(Oc3cc(OCc4cccnc4)cc(C(=O)CC)c3)cc2)c2cccc(NS(C)(=O)=O)c2C)cc1. The second kappa shape index (κ2) is 15.3. The standard InChI is InChI=1S/C38H36N4O5S/c1-5-38(43)31-20-34(46-26-30-8-7-19-40-23-30)22-35(21-31)47-33-17-13-29(14-18-33)25-42(24-28-11-15-32(39-3)16-12-28)37-10-6-9-36(27(37)2)41-48(4,44)45/h6-23,41H,5,24-26H2,1-2,4H3. The van der Waals surface area contributed by atoms with E-state index in [4.69, 9.17) is 16.0 Å². The molecule has 9 nitrogen and oxygen atoms in total. The second-order valence-electron chi connectivity index (χ2n) is 11.3. The summed E-state index contributed by atoms with van der Waals surface area (Å²) in [5.41, 5.74) is 6.16. The van der Waals surface area contributed by atoms with E-state index in [9.17, 15) is 13.2 Å². The first-order valence-electron chi connectivity index (χ1n) is 15.4. The van der Waals surface area contributed by atoms with Crippen LogP contribution in [-0.2, 0) is 29.7 Å². The molecule has 0 aliphatic carbocycles. The Balaban J connectivity index is 1.38. The molecule has 0 aliphatic heterocycles. The van der Waals surface area contributed by atoms with Crippen molar-refractivity contribution in [2.75, 3.05) is 15.9 Å². The van der Waals surface area contributed by atoms with Crippen molar-refractivity contribution in [1.29, 1.82) is 0 Å². The lowest BCUT2D eigenvalue weighted by Crippen LogP contribution is -2.23. The predicted molar refractivity (Wildman–Crippen MR) is 188 cm³/mol. The normalized spacial score (nSPS) is 11.0. The summed E-state index contributed by atoms with van der Waals surface area (Å²) in [7, 11) is -3.47. The molecule has 0 fully saturated rings. The molecule has 5 aromatic rings. The van der Waals surface area contributed by atoms with Crippen molar-refractivity contribution in [3.05, 3.63) is 149 Å². The Bertz CT molecular complexity index is 2030. The number of anilines is 2. The quantitative estimate of drug-likeness (QED) is 0.0942. The summed E-state index contributed by atoms with van der Waals surface area (Å²) in [6.45, 7) is 12.3. The monoisotopic (exact) mass is 660 g/mol. The van der Waals surface area contributed by atoms with Crippen molar-refractivity contribution in [3.63, 3.8) is 0 Å². The molecule has 0 unspecified atom stereocenters. The number of Topliss-reactive ketones (excluding diaryl/α,β-unsaturated/α-hetero) is 1. The number of pyridine rings is 1. The molecular formula is C38H36N4O5S. The van der Waals surface area contributed by atoms with Crippen LogP contribution in [0.1, 0.15) is 46.0 Å². The minimum atomic E-state index is -3.47. The van der Waals surface area contributed by atoms with Gasteiger partial charge in [-0.05, 0) is 66.1 Å². The zero-order valence-corrected chi connectivity index (χ0v) is 27.8. The third-order valence-corrected chi connectivity index (χ3v) is 8.15. The van der Waals surface area contributed by atoms with Gasteiger partial charge in [0.05, 0.1) is 18.5 Å². The van der Waals surface area contributed by atoms with Crippen LogP contribution in [0.15, 0.2) is 109 Å². The molecule has 0 atom stereocenters. The molecule has 48 heavy (non-hydrogen) atoms. The fourth-order valence-electron chi connectivity index (χ4n) is 5.15. The fourth-order valence-corrected chi connectivity index (χ4v) is 5.77. The Labute approximate surface area is 281 Å². The second-order valence-corrected chi connectivity index (χ2v) is 13.1. The Hall–Kier alpha value is -5.66. The van der Waals surface area contributed by atoms with Crippen LogP contribution in [0.5, 0.6) is 17.2 Å². The highest BCUT2D eigenvalue weighted by Gasteiger charge is 2.16. The number of carbonyl (C=O) groups is 1. The van der Waals surface area contributed by atoms with E-state index in [1.807, 2.05) is 74.5 Å². The maximum atomic E-state index is 12.6. The van der Waals surface area contributed by atoms with Gasteiger partial charge < -0.3 is 14.4 Å². The third-order valence-electron chi connectivity index (χ3n) is 7.56. The third kappa shape index (κ3) is 9.21. The van der Waals surface area contributed by atoms with E-state index in [0.717, 1.165) is 34.2 Å². The van der Waals surface area contributed by atoms with Crippen LogP contribution in [0.3, 0.4) is 0 Å². The number of nitrogens with one attached hydrogen (secondary N) is 1. The zero-order valence-electron chi connectivity index (χ0n) is 27.0. The van der Waals surface area contributed by atoms with Gasteiger partial charge in [0, 0.05) is 54.8 Å². The van der Waals surface area contributed by atoms with Gasteiger partial charge in [-0.25, -0.2) is 13.3 Å².